The predicted octanol–water partition coefficient (Wildman–Crippen LogP) is 2.76. The molecule has 2 aromatic rings. The summed E-state index contributed by atoms with van der Waals surface area (Å²) < 4.78 is 18.0. The Morgan fingerprint density at radius 1 is 0.920 bits per heavy atom. The zero-order valence-electron chi connectivity index (χ0n) is 13.9. The van der Waals surface area contributed by atoms with Gasteiger partial charge in [-0.1, -0.05) is 18.2 Å². The second-order valence-electron chi connectivity index (χ2n) is 5.51. The van der Waals surface area contributed by atoms with Crippen LogP contribution in [0.15, 0.2) is 54.6 Å². The van der Waals surface area contributed by atoms with Crippen LogP contribution in [-0.4, -0.2) is 29.8 Å². The average Bonchev–Trinajstić information content (AvgIpc) is 2.62. The first-order chi connectivity index (χ1) is 11.9. The molecule has 5 nitrogen and oxygen atoms in total. The molecule has 0 aliphatic rings. The van der Waals surface area contributed by atoms with E-state index >= 15 is 0 Å². The molecule has 0 spiro atoms. The van der Waals surface area contributed by atoms with Gasteiger partial charge in [0.1, 0.15) is 11.9 Å². The SMILES string of the molecule is C[C@H](NC(=O)c1ccccc1)C(=O)O[C@H](C)C(=O)c1ccc(F)cc1. The minimum atomic E-state index is -1.05. The van der Waals surface area contributed by atoms with Crippen LogP contribution in [0.1, 0.15) is 34.6 Å². The lowest BCUT2D eigenvalue weighted by Gasteiger charge is -2.17. The maximum Gasteiger partial charge on any atom is 0.329 e. The first-order valence-corrected chi connectivity index (χ1v) is 7.74. The predicted molar refractivity (Wildman–Crippen MR) is 89.7 cm³/mol. The van der Waals surface area contributed by atoms with Crippen LogP contribution in [0.5, 0.6) is 0 Å². The zero-order valence-corrected chi connectivity index (χ0v) is 13.9. The van der Waals surface area contributed by atoms with Crippen molar-refractivity contribution in [2.24, 2.45) is 0 Å². The Kier molecular flexibility index (Phi) is 6.00. The molecule has 2 atom stereocenters. The van der Waals surface area contributed by atoms with E-state index in [-0.39, 0.29) is 5.56 Å². The largest absolute Gasteiger partial charge is 0.453 e. The summed E-state index contributed by atoms with van der Waals surface area (Å²) in [5.41, 5.74) is 0.653. The number of halogens is 1. The van der Waals surface area contributed by atoms with Gasteiger partial charge in [-0.2, -0.15) is 0 Å². The van der Waals surface area contributed by atoms with Gasteiger partial charge in [0.05, 0.1) is 0 Å². The number of ketones is 1. The van der Waals surface area contributed by atoms with Crippen molar-refractivity contribution in [1.29, 1.82) is 0 Å². The molecule has 6 heteroatoms. The number of Topliss-reactive ketones (excluding diaryl/α,β-unsaturated/α-hetero) is 1. The van der Waals surface area contributed by atoms with Gasteiger partial charge in [0.2, 0.25) is 5.78 Å². The Balaban J connectivity index is 1.92. The molecule has 0 saturated carbocycles. The van der Waals surface area contributed by atoms with E-state index in [0.717, 1.165) is 12.1 Å². The highest BCUT2D eigenvalue weighted by Crippen LogP contribution is 2.09. The molecule has 0 unspecified atom stereocenters. The minimum Gasteiger partial charge on any atom is -0.453 e. The number of amides is 1. The van der Waals surface area contributed by atoms with Crippen molar-refractivity contribution in [2.75, 3.05) is 0 Å². The van der Waals surface area contributed by atoms with Crippen LogP contribution in [0.25, 0.3) is 0 Å². The standard InChI is InChI=1S/C19H18FNO4/c1-12(21-18(23)15-6-4-3-5-7-15)19(24)25-13(2)17(22)14-8-10-16(20)11-9-14/h3-13H,1-2H3,(H,21,23)/t12-,13+/m0/s1. The van der Waals surface area contributed by atoms with Crippen LogP contribution in [0, 0.1) is 5.82 Å². The first kappa shape index (κ1) is 18.3. The summed E-state index contributed by atoms with van der Waals surface area (Å²) in [5, 5.41) is 2.51. The second-order valence-corrected chi connectivity index (χ2v) is 5.51. The molecule has 130 valence electrons. The number of hydrogen-bond donors (Lipinski definition) is 1. The van der Waals surface area contributed by atoms with E-state index in [0.29, 0.717) is 5.56 Å². The van der Waals surface area contributed by atoms with Crippen LogP contribution < -0.4 is 5.32 Å². The number of rotatable bonds is 6. The summed E-state index contributed by atoms with van der Waals surface area (Å²) in [7, 11) is 0. The Bertz CT molecular complexity index is 759. The number of esters is 1. The van der Waals surface area contributed by atoms with Crippen LogP contribution >= 0.6 is 0 Å². The highest BCUT2D eigenvalue weighted by Gasteiger charge is 2.24. The van der Waals surface area contributed by atoms with Crippen molar-refractivity contribution in [2.45, 2.75) is 26.0 Å². The van der Waals surface area contributed by atoms with E-state index in [1.807, 2.05) is 0 Å². The molecule has 0 aromatic heterocycles. The van der Waals surface area contributed by atoms with Gasteiger partial charge in [-0.15, -0.1) is 0 Å². The van der Waals surface area contributed by atoms with Gasteiger partial charge in [-0.3, -0.25) is 9.59 Å². The molecular weight excluding hydrogens is 325 g/mol. The number of nitrogens with one attached hydrogen (secondary N) is 1. The quantitative estimate of drug-likeness (QED) is 0.647. The van der Waals surface area contributed by atoms with Gasteiger partial charge < -0.3 is 10.1 Å². The lowest BCUT2D eigenvalue weighted by Crippen LogP contribution is -2.41. The third kappa shape index (κ3) is 4.97. The molecule has 1 N–H and O–H groups in total. The van der Waals surface area contributed by atoms with Gasteiger partial charge in [0.15, 0.2) is 6.10 Å². The Morgan fingerprint density at radius 2 is 1.52 bits per heavy atom. The lowest BCUT2D eigenvalue weighted by molar-refractivity contribution is -0.148. The molecule has 25 heavy (non-hydrogen) atoms. The molecule has 2 aromatic carbocycles. The van der Waals surface area contributed by atoms with E-state index < -0.39 is 35.6 Å². The monoisotopic (exact) mass is 343 g/mol. The van der Waals surface area contributed by atoms with Crippen molar-refractivity contribution in [3.05, 3.63) is 71.5 Å². The summed E-state index contributed by atoms with van der Waals surface area (Å²) in [6.45, 7) is 2.90. The number of carbonyl (C=O) groups is 3. The summed E-state index contributed by atoms with van der Waals surface area (Å²) in [4.78, 5) is 36.2. The molecule has 0 bridgehead atoms. The Morgan fingerprint density at radius 3 is 2.12 bits per heavy atom. The number of benzene rings is 2. The number of carbonyl (C=O) groups excluding carboxylic acids is 3. The normalized spacial score (nSPS) is 12.8. The van der Waals surface area contributed by atoms with Crippen LogP contribution in [0.3, 0.4) is 0 Å². The zero-order chi connectivity index (χ0) is 18.4. The van der Waals surface area contributed by atoms with Crippen LogP contribution in [0.2, 0.25) is 0 Å². The molecular formula is C19H18FNO4. The van der Waals surface area contributed by atoms with Crippen molar-refractivity contribution in [3.63, 3.8) is 0 Å². The summed E-state index contributed by atoms with van der Waals surface area (Å²) in [6, 6.07) is 12.5. The maximum absolute atomic E-state index is 12.9. The highest BCUT2D eigenvalue weighted by molar-refractivity contribution is 6.01. The Labute approximate surface area is 144 Å². The molecule has 0 aliphatic heterocycles. The molecule has 0 radical (unpaired) electrons. The summed E-state index contributed by atoms with van der Waals surface area (Å²) in [5.74, 6) is -2.05. The Hall–Kier alpha value is -3.02. The van der Waals surface area contributed by atoms with E-state index in [4.69, 9.17) is 4.74 Å². The van der Waals surface area contributed by atoms with E-state index in [1.165, 1.54) is 26.0 Å². The topological polar surface area (TPSA) is 72.5 Å². The molecule has 0 heterocycles. The van der Waals surface area contributed by atoms with Crippen molar-refractivity contribution in [3.8, 4) is 0 Å². The molecule has 0 aliphatic carbocycles. The van der Waals surface area contributed by atoms with Crippen LogP contribution in [0.4, 0.5) is 4.39 Å². The highest BCUT2D eigenvalue weighted by atomic mass is 19.1. The smallest absolute Gasteiger partial charge is 0.329 e. The third-order valence-corrected chi connectivity index (χ3v) is 3.53. The molecule has 0 saturated heterocycles. The van der Waals surface area contributed by atoms with Gasteiger partial charge >= 0.3 is 5.97 Å². The average molecular weight is 343 g/mol. The number of ether oxygens (including phenoxy) is 1. The maximum atomic E-state index is 12.9. The fourth-order valence-electron chi connectivity index (χ4n) is 2.11. The number of hydrogen-bond acceptors (Lipinski definition) is 4. The fraction of sp³-hybridized carbons (Fsp3) is 0.211. The molecule has 0 fully saturated rings. The van der Waals surface area contributed by atoms with Gasteiger partial charge in [0, 0.05) is 11.1 Å². The van der Waals surface area contributed by atoms with Crippen molar-refractivity contribution < 1.29 is 23.5 Å². The second kappa shape index (κ2) is 8.19. The first-order valence-electron chi connectivity index (χ1n) is 7.74. The fourth-order valence-corrected chi connectivity index (χ4v) is 2.11. The van der Waals surface area contributed by atoms with Gasteiger partial charge in [0.25, 0.3) is 5.91 Å². The lowest BCUT2D eigenvalue weighted by atomic mass is 10.1. The van der Waals surface area contributed by atoms with Gasteiger partial charge in [-0.05, 0) is 50.2 Å². The molecule has 2 rings (SSSR count). The minimum absolute atomic E-state index is 0.239. The van der Waals surface area contributed by atoms with Crippen LogP contribution in [-0.2, 0) is 9.53 Å². The van der Waals surface area contributed by atoms with Gasteiger partial charge in [-0.25, -0.2) is 9.18 Å². The van der Waals surface area contributed by atoms with Crippen molar-refractivity contribution in [1.82, 2.24) is 5.32 Å². The van der Waals surface area contributed by atoms with E-state index in [1.54, 1.807) is 30.3 Å². The van der Waals surface area contributed by atoms with E-state index in [9.17, 15) is 18.8 Å². The van der Waals surface area contributed by atoms with E-state index in [2.05, 4.69) is 5.32 Å². The summed E-state index contributed by atoms with van der Waals surface area (Å²) >= 11 is 0. The molecule has 1 amide bonds. The van der Waals surface area contributed by atoms with Crippen molar-refractivity contribution >= 4 is 17.7 Å². The summed E-state index contributed by atoms with van der Waals surface area (Å²) in [6.07, 6.45) is -1.05. The third-order valence-electron chi connectivity index (χ3n) is 3.53.